The van der Waals surface area contributed by atoms with Crippen molar-refractivity contribution in [2.24, 2.45) is 11.8 Å². The molecule has 134 valence electrons. The Kier molecular flexibility index (Phi) is 9.97. The molecule has 1 atom stereocenters. The molecule has 2 N–H and O–H groups in total. The van der Waals surface area contributed by atoms with Crippen molar-refractivity contribution in [3.63, 3.8) is 0 Å². The van der Waals surface area contributed by atoms with E-state index in [4.69, 9.17) is 0 Å². The van der Waals surface area contributed by atoms with Gasteiger partial charge in [0.2, 0.25) is 11.8 Å². The molecule has 0 radical (unpaired) electrons. The summed E-state index contributed by atoms with van der Waals surface area (Å²) in [6.07, 6.45) is 11.2. The van der Waals surface area contributed by atoms with Gasteiger partial charge >= 0.3 is 0 Å². The SMILES string of the molecule is CC[C@H](CC(C)C)NC(=O)CNC(=O)C1CCCCCCCC1. The molecule has 2 amide bonds. The van der Waals surface area contributed by atoms with Crippen LogP contribution in [0.5, 0.6) is 0 Å². The van der Waals surface area contributed by atoms with Gasteiger partial charge in [0.25, 0.3) is 0 Å². The van der Waals surface area contributed by atoms with Crippen LogP contribution in [0.4, 0.5) is 0 Å². The maximum absolute atomic E-state index is 12.3. The largest absolute Gasteiger partial charge is 0.352 e. The van der Waals surface area contributed by atoms with Gasteiger partial charge in [-0.3, -0.25) is 9.59 Å². The lowest BCUT2D eigenvalue weighted by atomic mass is 9.96. The third kappa shape index (κ3) is 8.97. The summed E-state index contributed by atoms with van der Waals surface area (Å²) in [6, 6.07) is 0.212. The molecule has 0 bridgehead atoms. The number of hydrogen-bond donors (Lipinski definition) is 2. The zero-order chi connectivity index (χ0) is 17.1. The van der Waals surface area contributed by atoms with E-state index in [1.165, 1.54) is 25.7 Å². The van der Waals surface area contributed by atoms with Crippen LogP contribution in [0.25, 0.3) is 0 Å². The molecule has 1 aliphatic carbocycles. The van der Waals surface area contributed by atoms with Gasteiger partial charge in [-0.05, 0) is 31.6 Å². The van der Waals surface area contributed by atoms with Crippen LogP contribution < -0.4 is 10.6 Å². The number of hydrogen-bond acceptors (Lipinski definition) is 2. The van der Waals surface area contributed by atoms with Crippen LogP contribution in [0, 0.1) is 11.8 Å². The van der Waals surface area contributed by atoms with Crippen molar-refractivity contribution >= 4 is 11.8 Å². The molecule has 0 spiro atoms. The first kappa shape index (κ1) is 20.0. The van der Waals surface area contributed by atoms with Crippen molar-refractivity contribution in [1.82, 2.24) is 10.6 Å². The molecule has 0 unspecified atom stereocenters. The Morgan fingerprint density at radius 3 is 2.09 bits per heavy atom. The summed E-state index contributed by atoms with van der Waals surface area (Å²) in [5.41, 5.74) is 0. The second-order valence-electron chi connectivity index (χ2n) is 7.42. The highest BCUT2D eigenvalue weighted by molar-refractivity contribution is 5.85. The molecule has 23 heavy (non-hydrogen) atoms. The van der Waals surface area contributed by atoms with E-state index in [0.717, 1.165) is 38.5 Å². The van der Waals surface area contributed by atoms with Crippen molar-refractivity contribution < 1.29 is 9.59 Å². The summed E-state index contributed by atoms with van der Waals surface area (Å²) in [4.78, 5) is 24.4. The van der Waals surface area contributed by atoms with Crippen molar-refractivity contribution in [3.8, 4) is 0 Å². The molecule has 0 aromatic rings. The third-order valence-electron chi connectivity index (χ3n) is 4.76. The Morgan fingerprint density at radius 1 is 1.00 bits per heavy atom. The minimum atomic E-state index is -0.0612. The Labute approximate surface area is 142 Å². The predicted molar refractivity (Wildman–Crippen MR) is 95.1 cm³/mol. The van der Waals surface area contributed by atoms with Gasteiger partial charge in [-0.25, -0.2) is 0 Å². The molecule has 0 aromatic carbocycles. The minimum absolute atomic E-state index is 0.0612. The highest BCUT2D eigenvalue weighted by Gasteiger charge is 2.20. The van der Waals surface area contributed by atoms with Crippen LogP contribution in [-0.2, 0) is 9.59 Å². The van der Waals surface area contributed by atoms with Gasteiger partial charge in [0.15, 0.2) is 0 Å². The van der Waals surface area contributed by atoms with Crippen LogP contribution >= 0.6 is 0 Å². The van der Waals surface area contributed by atoms with Crippen molar-refractivity contribution in [2.45, 2.75) is 91.0 Å². The highest BCUT2D eigenvalue weighted by atomic mass is 16.2. The Morgan fingerprint density at radius 2 is 1.57 bits per heavy atom. The topological polar surface area (TPSA) is 58.2 Å². The van der Waals surface area contributed by atoms with E-state index in [-0.39, 0.29) is 30.3 Å². The molecule has 0 aliphatic heterocycles. The van der Waals surface area contributed by atoms with E-state index >= 15 is 0 Å². The molecule has 1 fully saturated rings. The van der Waals surface area contributed by atoms with Crippen molar-refractivity contribution in [3.05, 3.63) is 0 Å². The molecule has 1 aliphatic rings. The first-order valence-electron chi connectivity index (χ1n) is 9.60. The fraction of sp³-hybridized carbons (Fsp3) is 0.895. The van der Waals surface area contributed by atoms with Crippen LogP contribution in [-0.4, -0.2) is 24.4 Å². The Bertz CT molecular complexity index is 345. The van der Waals surface area contributed by atoms with Gasteiger partial charge in [0.05, 0.1) is 6.54 Å². The molecule has 0 saturated heterocycles. The number of amides is 2. The fourth-order valence-corrected chi connectivity index (χ4v) is 3.38. The third-order valence-corrected chi connectivity index (χ3v) is 4.76. The van der Waals surface area contributed by atoms with Gasteiger partial charge in [0.1, 0.15) is 0 Å². The molecule has 1 saturated carbocycles. The first-order valence-corrected chi connectivity index (χ1v) is 9.60. The summed E-state index contributed by atoms with van der Waals surface area (Å²) >= 11 is 0. The zero-order valence-corrected chi connectivity index (χ0v) is 15.3. The maximum atomic E-state index is 12.3. The van der Waals surface area contributed by atoms with E-state index in [9.17, 15) is 9.59 Å². The molecule has 0 heterocycles. The standard InChI is InChI=1S/C19H36N2O2/c1-4-17(13-15(2)3)21-18(22)14-20-19(23)16-11-9-7-5-6-8-10-12-16/h15-17H,4-14H2,1-3H3,(H,20,23)(H,21,22)/t17-/m1/s1. The molecule has 1 rings (SSSR count). The van der Waals surface area contributed by atoms with Crippen molar-refractivity contribution in [1.29, 1.82) is 0 Å². The lowest BCUT2D eigenvalue weighted by Crippen LogP contribution is -2.43. The van der Waals surface area contributed by atoms with Crippen LogP contribution in [0.3, 0.4) is 0 Å². The van der Waals surface area contributed by atoms with Gasteiger partial charge in [0, 0.05) is 12.0 Å². The monoisotopic (exact) mass is 324 g/mol. The number of carbonyl (C=O) groups is 2. The van der Waals surface area contributed by atoms with Crippen LogP contribution in [0.1, 0.15) is 85.0 Å². The lowest BCUT2D eigenvalue weighted by Gasteiger charge is -2.20. The predicted octanol–water partition coefficient (Wildman–Crippen LogP) is 3.79. The molecular formula is C19H36N2O2. The first-order chi connectivity index (χ1) is 11.0. The Hall–Kier alpha value is -1.06. The Balaban J connectivity index is 2.33. The van der Waals surface area contributed by atoms with Gasteiger partial charge in [-0.15, -0.1) is 0 Å². The van der Waals surface area contributed by atoms with Gasteiger partial charge in [-0.1, -0.05) is 59.3 Å². The van der Waals surface area contributed by atoms with Crippen LogP contribution in [0.15, 0.2) is 0 Å². The van der Waals surface area contributed by atoms with E-state index in [2.05, 4.69) is 31.4 Å². The average molecular weight is 325 g/mol. The normalized spacial score (nSPS) is 18.6. The van der Waals surface area contributed by atoms with Crippen LogP contribution in [0.2, 0.25) is 0 Å². The van der Waals surface area contributed by atoms with E-state index < -0.39 is 0 Å². The van der Waals surface area contributed by atoms with E-state index in [1.54, 1.807) is 0 Å². The average Bonchev–Trinajstić information content (AvgIpc) is 2.65. The summed E-state index contributed by atoms with van der Waals surface area (Å²) < 4.78 is 0. The van der Waals surface area contributed by atoms with E-state index in [1.807, 2.05) is 0 Å². The van der Waals surface area contributed by atoms with Gasteiger partial charge < -0.3 is 10.6 Å². The smallest absolute Gasteiger partial charge is 0.239 e. The highest BCUT2D eigenvalue weighted by Crippen LogP contribution is 2.21. The number of carbonyl (C=O) groups excluding carboxylic acids is 2. The fourth-order valence-electron chi connectivity index (χ4n) is 3.38. The van der Waals surface area contributed by atoms with E-state index in [0.29, 0.717) is 5.92 Å². The minimum Gasteiger partial charge on any atom is -0.352 e. The lowest BCUT2D eigenvalue weighted by molar-refractivity contribution is -0.129. The summed E-state index contributed by atoms with van der Waals surface area (Å²) in [5.74, 6) is 0.667. The summed E-state index contributed by atoms with van der Waals surface area (Å²) in [7, 11) is 0. The van der Waals surface area contributed by atoms with Crippen molar-refractivity contribution in [2.75, 3.05) is 6.54 Å². The second kappa shape index (κ2) is 11.5. The van der Waals surface area contributed by atoms with Gasteiger partial charge in [-0.2, -0.15) is 0 Å². The molecule has 4 heteroatoms. The summed E-state index contributed by atoms with van der Waals surface area (Å²) in [6.45, 7) is 6.52. The quantitative estimate of drug-likeness (QED) is 0.748. The number of nitrogens with one attached hydrogen (secondary N) is 2. The number of rotatable bonds is 7. The summed E-state index contributed by atoms with van der Waals surface area (Å²) in [5, 5.41) is 5.89. The maximum Gasteiger partial charge on any atom is 0.239 e. The molecule has 0 aromatic heterocycles. The molecule has 4 nitrogen and oxygen atoms in total. The second-order valence-corrected chi connectivity index (χ2v) is 7.42. The zero-order valence-electron chi connectivity index (χ0n) is 15.3. The molecular weight excluding hydrogens is 288 g/mol.